The van der Waals surface area contributed by atoms with Crippen LogP contribution in [0.3, 0.4) is 0 Å². The monoisotopic (exact) mass is 382 g/mol. The molecule has 0 saturated carbocycles. The third-order valence-electron chi connectivity index (χ3n) is 3.71. The first-order valence-corrected chi connectivity index (χ1v) is 8.31. The standard InChI is InChI=1S/C19H21F3N2O3/c1-5-26-18(25)12(2)27-15-8-6-13(7-9-15)16-10-14(19(20,21)22)11-23-17(16)24(3)4/h6-12H,5H2,1-4H3/t12-/m0/s1. The van der Waals surface area contributed by atoms with Crippen molar-refractivity contribution in [3.63, 3.8) is 0 Å². The molecule has 0 bridgehead atoms. The molecule has 0 saturated heterocycles. The maximum atomic E-state index is 13.0. The summed E-state index contributed by atoms with van der Waals surface area (Å²) in [5, 5.41) is 0. The minimum Gasteiger partial charge on any atom is -0.479 e. The number of hydrogen-bond donors (Lipinski definition) is 0. The Morgan fingerprint density at radius 1 is 1.22 bits per heavy atom. The number of halogens is 3. The van der Waals surface area contributed by atoms with E-state index >= 15 is 0 Å². The number of anilines is 1. The molecule has 1 aromatic carbocycles. The normalized spacial score (nSPS) is 12.4. The number of aromatic nitrogens is 1. The number of esters is 1. The first kappa shape index (κ1) is 20.5. The van der Waals surface area contributed by atoms with Crippen molar-refractivity contribution in [2.75, 3.05) is 25.6 Å². The van der Waals surface area contributed by atoms with Crippen LogP contribution in [0.15, 0.2) is 36.5 Å². The molecule has 0 N–H and O–H groups in total. The molecule has 27 heavy (non-hydrogen) atoms. The summed E-state index contributed by atoms with van der Waals surface area (Å²) in [7, 11) is 3.41. The Kier molecular flexibility index (Phi) is 6.30. The number of alkyl halides is 3. The van der Waals surface area contributed by atoms with Gasteiger partial charge >= 0.3 is 12.1 Å². The van der Waals surface area contributed by atoms with Crippen LogP contribution in [-0.2, 0) is 15.7 Å². The van der Waals surface area contributed by atoms with Crippen LogP contribution in [0.5, 0.6) is 5.75 Å². The van der Waals surface area contributed by atoms with Crippen molar-refractivity contribution in [3.8, 4) is 16.9 Å². The van der Waals surface area contributed by atoms with Gasteiger partial charge in [0, 0.05) is 25.9 Å². The van der Waals surface area contributed by atoms with Crippen LogP contribution in [0.2, 0.25) is 0 Å². The zero-order chi connectivity index (χ0) is 20.2. The number of ether oxygens (including phenoxy) is 2. The number of rotatable bonds is 6. The summed E-state index contributed by atoms with van der Waals surface area (Å²) in [4.78, 5) is 17.2. The average Bonchev–Trinajstić information content (AvgIpc) is 2.61. The van der Waals surface area contributed by atoms with Gasteiger partial charge in [-0.05, 0) is 37.6 Å². The fourth-order valence-electron chi connectivity index (χ4n) is 2.41. The van der Waals surface area contributed by atoms with Crippen LogP contribution in [0.25, 0.3) is 11.1 Å². The summed E-state index contributed by atoms with van der Waals surface area (Å²) in [5.74, 6) is 0.334. The molecular weight excluding hydrogens is 361 g/mol. The third-order valence-corrected chi connectivity index (χ3v) is 3.71. The lowest BCUT2D eigenvalue weighted by Gasteiger charge is -2.19. The lowest BCUT2D eigenvalue weighted by atomic mass is 10.0. The molecule has 0 aliphatic rings. The van der Waals surface area contributed by atoms with Crippen LogP contribution in [-0.4, -0.2) is 37.8 Å². The molecule has 0 spiro atoms. The van der Waals surface area contributed by atoms with Crippen molar-refractivity contribution >= 4 is 11.8 Å². The summed E-state index contributed by atoms with van der Waals surface area (Å²) in [6, 6.07) is 7.49. The van der Waals surface area contributed by atoms with Crippen LogP contribution >= 0.6 is 0 Å². The largest absolute Gasteiger partial charge is 0.479 e. The van der Waals surface area contributed by atoms with Gasteiger partial charge in [0.25, 0.3) is 0 Å². The molecule has 0 aliphatic carbocycles. The highest BCUT2D eigenvalue weighted by atomic mass is 19.4. The third kappa shape index (κ3) is 5.12. The molecule has 0 radical (unpaired) electrons. The van der Waals surface area contributed by atoms with E-state index in [0.29, 0.717) is 22.7 Å². The molecule has 2 rings (SSSR count). The van der Waals surface area contributed by atoms with Gasteiger partial charge in [-0.15, -0.1) is 0 Å². The molecule has 1 heterocycles. The molecule has 1 aromatic heterocycles. The van der Waals surface area contributed by atoms with Gasteiger partial charge in [-0.3, -0.25) is 0 Å². The minimum absolute atomic E-state index is 0.251. The maximum Gasteiger partial charge on any atom is 0.417 e. The zero-order valence-corrected chi connectivity index (χ0v) is 15.5. The molecule has 2 aromatic rings. The fraction of sp³-hybridized carbons (Fsp3) is 0.368. The Labute approximate surface area is 155 Å². The number of nitrogens with zero attached hydrogens (tertiary/aromatic N) is 2. The van der Waals surface area contributed by atoms with Crippen LogP contribution < -0.4 is 9.64 Å². The predicted octanol–water partition coefficient (Wildman–Crippen LogP) is 4.16. The Bertz CT molecular complexity index is 790. The van der Waals surface area contributed by atoms with Crippen molar-refractivity contribution in [3.05, 3.63) is 42.1 Å². The Morgan fingerprint density at radius 3 is 2.37 bits per heavy atom. The highest BCUT2D eigenvalue weighted by Crippen LogP contribution is 2.36. The summed E-state index contributed by atoms with van der Waals surface area (Å²) >= 11 is 0. The van der Waals surface area contributed by atoms with Gasteiger partial charge in [-0.25, -0.2) is 9.78 Å². The van der Waals surface area contributed by atoms with E-state index < -0.39 is 23.8 Å². The summed E-state index contributed by atoms with van der Waals surface area (Å²) < 4.78 is 49.5. The predicted molar refractivity (Wildman–Crippen MR) is 95.7 cm³/mol. The lowest BCUT2D eigenvalue weighted by molar-refractivity contribution is -0.150. The van der Waals surface area contributed by atoms with Crippen molar-refractivity contribution in [2.45, 2.75) is 26.1 Å². The smallest absolute Gasteiger partial charge is 0.417 e. The van der Waals surface area contributed by atoms with E-state index in [4.69, 9.17) is 9.47 Å². The number of benzene rings is 1. The van der Waals surface area contributed by atoms with Crippen molar-refractivity contribution < 1.29 is 27.4 Å². The van der Waals surface area contributed by atoms with E-state index in [2.05, 4.69) is 4.98 Å². The highest BCUT2D eigenvalue weighted by Gasteiger charge is 2.32. The molecule has 5 nitrogen and oxygen atoms in total. The second-order valence-corrected chi connectivity index (χ2v) is 6.02. The second kappa shape index (κ2) is 8.28. The SMILES string of the molecule is CCOC(=O)[C@H](C)Oc1ccc(-c2cc(C(F)(F)F)cnc2N(C)C)cc1. The number of carbonyl (C=O) groups is 1. The first-order valence-electron chi connectivity index (χ1n) is 8.31. The highest BCUT2D eigenvalue weighted by molar-refractivity contribution is 5.77. The average molecular weight is 382 g/mol. The molecule has 0 unspecified atom stereocenters. The van der Waals surface area contributed by atoms with Gasteiger partial charge in [-0.1, -0.05) is 12.1 Å². The quantitative estimate of drug-likeness (QED) is 0.702. The number of hydrogen-bond acceptors (Lipinski definition) is 5. The maximum absolute atomic E-state index is 13.0. The van der Waals surface area contributed by atoms with Crippen LogP contribution in [0, 0.1) is 0 Å². The van der Waals surface area contributed by atoms with Crippen molar-refractivity contribution in [2.24, 2.45) is 0 Å². The lowest BCUT2D eigenvalue weighted by Crippen LogP contribution is -2.26. The summed E-state index contributed by atoms with van der Waals surface area (Å²) in [5.41, 5.74) is 0.0765. The van der Waals surface area contributed by atoms with Gasteiger partial charge in [-0.2, -0.15) is 13.2 Å². The van der Waals surface area contributed by atoms with E-state index in [9.17, 15) is 18.0 Å². The van der Waals surface area contributed by atoms with Gasteiger partial charge in [0.1, 0.15) is 11.6 Å². The molecule has 0 fully saturated rings. The molecule has 0 aliphatic heterocycles. The van der Waals surface area contributed by atoms with E-state index in [1.165, 1.54) is 0 Å². The van der Waals surface area contributed by atoms with Crippen molar-refractivity contribution in [1.29, 1.82) is 0 Å². The van der Waals surface area contributed by atoms with E-state index in [1.807, 2.05) is 0 Å². The molecular formula is C19H21F3N2O3. The second-order valence-electron chi connectivity index (χ2n) is 6.02. The zero-order valence-electron chi connectivity index (χ0n) is 15.5. The molecule has 8 heteroatoms. The summed E-state index contributed by atoms with van der Waals surface area (Å²) in [6.45, 7) is 3.51. The summed E-state index contributed by atoms with van der Waals surface area (Å²) in [6.07, 6.45) is -4.45. The molecule has 1 atom stereocenters. The van der Waals surface area contributed by atoms with Gasteiger partial charge in [0.15, 0.2) is 6.10 Å². The van der Waals surface area contributed by atoms with Crippen LogP contribution in [0.1, 0.15) is 19.4 Å². The molecule has 146 valence electrons. The van der Waals surface area contributed by atoms with Gasteiger partial charge in [0.05, 0.1) is 12.2 Å². The van der Waals surface area contributed by atoms with Gasteiger partial charge < -0.3 is 14.4 Å². The fourth-order valence-corrected chi connectivity index (χ4v) is 2.41. The van der Waals surface area contributed by atoms with Gasteiger partial charge in [0.2, 0.25) is 0 Å². The van der Waals surface area contributed by atoms with Crippen molar-refractivity contribution in [1.82, 2.24) is 4.98 Å². The minimum atomic E-state index is -4.48. The number of pyridine rings is 1. The van der Waals surface area contributed by atoms with E-state index in [1.54, 1.807) is 57.1 Å². The Balaban J connectivity index is 2.31. The number of carbonyl (C=O) groups excluding carboxylic acids is 1. The Morgan fingerprint density at radius 2 is 1.85 bits per heavy atom. The molecule has 0 amide bonds. The van der Waals surface area contributed by atoms with E-state index in [0.717, 1.165) is 12.3 Å². The van der Waals surface area contributed by atoms with E-state index in [-0.39, 0.29) is 6.61 Å². The first-order chi connectivity index (χ1) is 12.6. The Hall–Kier alpha value is -2.77. The topological polar surface area (TPSA) is 51.7 Å². The van der Waals surface area contributed by atoms with Crippen LogP contribution in [0.4, 0.5) is 19.0 Å².